The van der Waals surface area contributed by atoms with Gasteiger partial charge in [-0.2, -0.15) is 0 Å². The molecule has 19 heavy (non-hydrogen) atoms. The Morgan fingerprint density at radius 3 is 2.63 bits per heavy atom. The molecule has 0 saturated heterocycles. The van der Waals surface area contributed by atoms with Crippen molar-refractivity contribution in [2.75, 3.05) is 34.0 Å². The first-order chi connectivity index (χ1) is 9.22. The van der Waals surface area contributed by atoms with Crippen LogP contribution in [0.15, 0.2) is 16.6 Å². The summed E-state index contributed by atoms with van der Waals surface area (Å²) in [6.45, 7) is 5.14. The molecule has 0 saturated carbocycles. The highest BCUT2D eigenvalue weighted by atomic mass is 79.9. The second kappa shape index (κ2) is 9.18. The van der Waals surface area contributed by atoms with Crippen molar-refractivity contribution in [3.8, 4) is 11.5 Å². The van der Waals surface area contributed by atoms with Crippen LogP contribution in [-0.2, 0) is 11.3 Å². The van der Waals surface area contributed by atoms with Crippen molar-refractivity contribution in [3.05, 3.63) is 22.2 Å². The van der Waals surface area contributed by atoms with E-state index in [9.17, 15) is 0 Å². The number of methoxy groups -OCH3 is 2. The van der Waals surface area contributed by atoms with E-state index in [1.807, 2.05) is 6.07 Å². The Kier molecular flexibility index (Phi) is 7.86. The van der Waals surface area contributed by atoms with E-state index in [1.165, 1.54) is 0 Å². The molecule has 108 valence electrons. The van der Waals surface area contributed by atoms with E-state index < -0.39 is 0 Å². The van der Waals surface area contributed by atoms with Crippen LogP contribution in [0.4, 0.5) is 0 Å². The van der Waals surface area contributed by atoms with Crippen LogP contribution in [0.3, 0.4) is 0 Å². The summed E-state index contributed by atoms with van der Waals surface area (Å²) < 4.78 is 17.1. The standard InChI is InChI=1S/C14H22BrNO3/c1-4-16-10-11-8-12(15)14(13(9-11)18-3)19-7-5-6-17-2/h8-9,16H,4-7,10H2,1-3H3. The molecule has 0 spiro atoms. The zero-order chi connectivity index (χ0) is 14.1. The molecular weight excluding hydrogens is 310 g/mol. The first-order valence-corrected chi connectivity index (χ1v) is 7.21. The van der Waals surface area contributed by atoms with Crippen molar-refractivity contribution in [1.82, 2.24) is 5.32 Å². The van der Waals surface area contributed by atoms with Gasteiger partial charge in [-0.05, 0) is 40.2 Å². The lowest BCUT2D eigenvalue weighted by atomic mass is 10.2. The fraction of sp³-hybridized carbons (Fsp3) is 0.571. The van der Waals surface area contributed by atoms with Gasteiger partial charge >= 0.3 is 0 Å². The Balaban J connectivity index is 2.73. The minimum absolute atomic E-state index is 0.607. The van der Waals surface area contributed by atoms with Gasteiger partial charge in [0.1, 0.15) is 0 Å². The minimum Gasteiger partial charge on any atom is -0.493 e. The highest BCUT2D eigenvalue weighted by Crippen LogP contribution is 2.36. The SMILES string of the molecule is CCNCc1cc(Br)c(OCCCOC)c(OC)c1. The van der Waals surface area contributed by atoms with Crippen LogP contribution in [0.25, 0.3) is 0 Å². The van der Waals surface area contributed by atoms with Crippen molar-refractivity contribution in [1.29, 1.82) is 0 Å². The lowest BCUT2D eigenvalue weighted by Crippen LogP contribution is -2.12. The normalized spacial score (nSPS) is 10.5. The molecule has 0 fully saturated rings. The molecule has 1 aromatic carbocycles. The molecule has 1 N–H and O–H groups in total. The quantitative estimate of drug-likeness (QED) is 0.706. The second-order valence-electron chi connectivity index (χ2n) is 4.08. The molecule has 0 amide bonds. The van der Waals surface area contributed by atoms with Gasteiger partial charge in [-0.15, -0.1) is 0 Å². The van der Waals surface area contributed by atoms with E-state index in [4.69, 9.17) is 14.2 Å². The molecule has 0 aliphatic carbocycles. The Hall–Kier alpha value is -0.780. The molecule has 0 atom stereocenters. The Morgan fingerprint density at radius 1 is 1.21 bits per heavy atom. The highest BCUT2D eigenvalue weighted by Gasteiger charge is 2.11. The van der Waals surface area contributed by atoms with Gasteiger partial charge < -0.3 is 19.5 Å². The monoisotopic (exact) mass is 331 g/mol. The van der Waals surface area contributed by atoms with Crippen molar-refractivity contribution >= 4 is 15.9 Å². The van der Waals surface area contributed by atoms with Gasteiger partial charge in [-0.3, -0.25) is 0 Å². The van der Waals surface area contributed by atoms with Crippen LogP contribution in [-0.4, -0.2) is 34.0 Å². The number of ether oxygens (including phenoxy) is 3. The van der Waals surface area contributed by atoms with Gasteiger partial charge in [-0.1, -0.05) is 6.92 Å². The molecule has 4 nitrogen and oxygen atoms in total. The zero-order valence-corrected chi connectivity index (χ0v) is 13.4. The molecule has 0 aliphatic heterocycles. The third kappa shape index (κ3) is 5.38. The number of rotatable bonds is 9. The molecular formula is C14H22BrNO3. The summed E-state index contributed by atoms with van der Waals surface area (Å²) in [6, 6.07) is 4.05. The smallest absolute Gasteiger partial charge is 0.175 e. The van der Waals surface area contributed by atoms with Gasteiger partial charge in [0, 0.05) is 26.7 Å². The number of benzene rings is 1. The number of hydrogen-bond donors (Lipinski definition) is 1. The molecule has 0 unspecified atom stereocenters. The van der Waals surface area contributed by atoms with Gasteiger partial charge in [-0.25, -0.2) is 0 Å². The largest absolute Gasteiger partial charge is 0.493 e. The van der Waals surface area contributed by atoms with E-state index >= 15 is 0 Å². The molecule has 5 heteroatoms. The number of halogens is 1. The van der Waals surface area contributed by atoms with E-state index in [0.29, 0.717) is 13.2 Å². The van der Waals surface area contributed by atoms with Crippen LogP contribution in [0.2, 0.25) is 0 Å². The topological polar surface area (TPSA) is 39.7 Å². The number of nitrogens with one attached hydrogen (secondary N) is 1. The van der Waals surface area contributed by atoms with E-state index in [1.54, 1.807) is 14.2 Å². The third-order valence-corrected chi connectivity index (χ3v) is 3.20. The Morgan fingerprint density at radius 2 is 2.00 bits per heavy atom. The van der Waals surface area contributed by atoms with E-state index in [2.05, 4.69) is 34.2 Å². The third-order valence-electron chi connectivity index (χ3n) is 2.61. The zero-order valence-electron chi connectivity index (χ0n) is 11.8. The molecule has 0 aliphatic rings. The lowest BCUT2D eigenvalue weighted by Gasteiger charge is -2.14. The molecule has 1 aromatic rings. The summed E-state index contributed by atoms with van der Waals surface area (Å²) in [5, 5.41) is 3.29. The van der Waals surface area contributed by atoms with Gasteiger partial charge in [0.25, 0.3) is 0 Å². The van der Waals surface area contributed by atoms with Crippen LogP contribution in [0, 0.1) is 0 Å². The summed E-state index contributed by atoms with van der Waals surface area (Å²) >= 11 is 3.54. The van der Waals surface area contributed by atoms with Gasteiger partial charge in [0.15, 0.2) is 11.5 Å². The maximum Gasteiger partial charge on any atom is 0.175 e. The highest BCUT2D eigenvalue weighted by molar-refractivity contribution is 9.10. The van der Waals surface area contributed by atoms with Crippen molar-refractivity contribution in [3.63, 3.8) is 0 Å². The Bertz CT molecular complexity index is 385. The van der Waals surface area contributed by atoms with E-state index in [0.717, 1.165) is 41.0 Å². The summed E-state index contributed by atoms with van der Waals surface area (Å²) in [7, 11) is 3.34. The lowest BCUT2D eigenvalue weighted by molar-refractivity contribution is 0.170. The molecule has 0 bridgehead atoms. The van der Waals surface area contributed by atoms with Crippen LogP contribution < -0.4 is 14.8 Å². The minimum atomic E-state index is 0.607. The summed E-state index contributed by atoms with van der Waals surface area (Å²) in [5.41, 5.74) is 1.16. The van der Waals surface area contributed by atoms with Gasteiger partial charge in [0.05, 0.1) is 18.2 Å². The predicted octanol–water partition coefficient (Wildman–Crippen LogP) is 2.98. The van der Waals surface area contributed by atoms with E-state index in [-0.39, 0.29) is 0 Å². The van der Waals surface area contributed by atoms with Crippen molar-refractivity contribution in [2.24, 2.45) is 0 Å². The molecule has 0 aromatic heterocycles. The molecule has 0 heterocycles. The van der Waals surface area contributed by atoms with Crippen LogP contribution >= 0.6 is 15.9 Å². The predicted molar refractivity (Wildman–Crippen MR) is 80.1 cm³/mol. The average molecular weight is 332 g/mol. The number of hydrogen-bond acceptors (Lipinski definition) is 4. The molecule has 0 radical (unpaired) electrons. The maximum absolute atomic E-state index is 5.75. The first-order valence-electron chi connectivity index (χ1n) is 6.41. The van der Waals surface area contributed by atoms with Crippen LogP contribution in [0.5, 0.6) is 11.5 Å². The average Bonchev–Trinajstić information content (AvgIpc) is 2.42. The fourth-order valence-electron chi connectivity index (χ4n) is 1.66. The van der Waals surface area contributed by atoms with Crippen molar-refractivity contribution < 1.29 is 14.2 Å². The summed E-state index contributed by atoms with van der Waals surface area (Å²) in [5.74, 6) is 1.50. The Labute approximate surface area is 123 Å². The van der Waals surface area contributed by atoms with Crippen molar-refractivity contribution in [2.45, 2.75) is 19.9 Å². The fourth-order valence-corrected chi connectivity index (χ4v) is 2.27. The summed E-state index contributed by atoms with van der Waals surface area (Å²) in [4.78, 5) is 0. The molecule has 1 rings (SSSR count). The summed E-state index contributed by atoms with van der Waals surface area (Å²) in [6.07, 6.45) is 0.852. The van der Waals surface area contributed by atoms with Gasteiger partial charge in [0.2, 0.25) is 0 Å². The maximum atomic E-state index is 5.75. The first kappa shape index (κ1) is 16.3. The van der Waals surface area contributed by atoms with Crippen LogP contribution in [0.1, 0.15) is 18.9 Å². The second-order valence-corrected chi connectivity index (χ2v) is 4.94.